The lowest BCUT2D eigenvalue weighted by molar-refractivity contribution is -0.137. The zero-order valence-electron chi connectivity index (χ0n) is 12.8. The molecule has 0 bridgehead atoms. The zero-order valence-corrected chi connectivity index (χ0v) is 12.8. The van der Waals surface area contributed by atoms with E-state index in [1.54, 1.807) is 24.3 Å². The van der Waals surface area contributed by atoms with Crippen LogP contribution in [0.15, 0.2) is 48.5 Å². The molecular formula is C18H12F4N2O. The standard InChI is InChI=1S/C18H12F4N2O/c19-14-5-3-12(4-6-14)17-9-15(25-24-17)7-11-1-2-13(10-23)16(8-11)18(20,21)22/h1-6,8-9,15,24H,7H2. The first-order chi connectivity index (χ1) is 11.9. The Labute approximate surface area is 141 Å². The van der Waals surface area contributed by atoms with Crippen LogP contribution in [0.4, 0.5) is 17.6 Å². The fourth-order valence-corrected chi connectivity index (χ4v) is 2.56. The largest absolute Gasteiger partial charge is 0.417 e. The number of hydrogen-bond donors (Lipinski definition) is 1. The first-order valence-electron chi connectivity index (χ1n) is 7.36. The van der Waals surface area contributed by atoms with Crippen LogP contribution in [0.5, 0.6) is 0 Å². The summed E-state index contributed by atoms with van der Waals surface area (Å²) >= 11 is 0. The molecule has 0 aromatic heterocycles. The molecule has 7 heteroatoms. The van der Waals surface area contributed by atoms with Crippen LogP contribution in [0.2, 0.25) is 0 Å². The number of hydrogen-bond acceptors (Lipinski definition) is 3. The van der Waals surface area contributed by atoms with E-state index in [0.717, 1.165) is 12.1 Å². The molecule has 3 rings (SSSR count). The first kappa shape index (κ1) is 17.0. The Morgan fingerprint density at radius 2 is 1.84 bits per heavy atom. The van der Waals surface area contributed by atoms with E-state index in [4.69, 9.17) is 10.1 Å². The molecular weight excluding hydrogens is 336 g/mol. The van der Waals surface area contributed by atoms with Gasteiger partial charge in [-0.05, 0) is 53.6 Å². The Morgan fingerprint density at radius 3 is 2.48 bits per heavy atom. The van der Waals surface area contributed by atoms with Crippen LogP contribution in [0.25, 0.3) is 5.70 Å². The van der Waals surface area contributed by atoms with Crippen molar-refractivity contribution in [3.8, 4) is 6.07 Å². The predicted octanol–water partition coefficient (Wildman–Crippen LogP) is 4.20. The van der Waals surface area contributed by atoms with Crippen LogP contribution in [0.1, 0.15) is 22.3 Å². The van der Waals surface area contributed by atoms with E-state index >= 15 is 0 Å². The summed E-state index contributed by atoms with van der Waals surface area (Å²) in [5.41, 5.74) is 3.05. The fourth-order valence-electron chi connectivity index (χ4n) is 2.56. The second-order valence-electron chi connectivity index (χ2n) is 5.54. The zero-order chi connectivity index (χ0) is 18.0. The van der Waals surface area contributed by atoms with E-state index in [0.29, 0.717) is 16.8 Å². The highest BCUT2D eigenvalue weighted by Gasteiger charge is 2.34. The Kier molecular flexibility index (Phi) is 4.47. The smallest absolute Gasteiger partial charge is 0.268 e. The maximum absolute atomic E-state index is 13.0. The lowest BCUT2D eigenvalue weighted by Crippen LogP contribution is -2.15. The molecule has 0 radical (unpaired) electrons. The molecule has 0 saturated heterocycles. The predicted molar refractivity (Wildman–Crippen MR) is 82.2 cm³/mol. The van der Waals surface area contributed by atoms with Gasteiger partial charge in [0.25, 0.3) is 0 Å². The highest BCUT2D eigenvalue weighted by molar-refractivity contribution is 5.64. The number of nitriles is 1. The molecule has 0 saturated carbocycles. The van der Waals surface area contributed by atoms with E-state index in [9.17, 15) is 17.6 Å². The van der Waals surface area contributed by atoms with Gasteiger partial charge in [-0.25, -0.2) is 4.39 Å². The molecule has 3 nitrogen and oxygen atoms in total. The van der Waals surface area contributed by atoms with Crippen molar-refractivity contribution in [1.82, 2.24) is 5.48 Å². The summed E-state index contributed by atoms with van der Waals surface area (Å²) in [6.45, 7) is 0. The van der Waals surface area contributed by atoms with Crippen molar-refractivity contribution in [3.63, 3.8) is 0 Å². The van der Waals surface area contributed by atoms with Crippen molar-refractivity contribution >= 4 is 5.70 Å². The average molecular weight is 348 g/mol. The molecule has 1 aliphatic heterocycles. The number of hydroxylamine groups is 1. The minimum atomic E-state index is -4.59. The maximum Gasteiger partial charge on any atom is 0.417 e. The quantitative estimate of drug-likeness (QED) is 0.846. The first-order valence-corrected chi connectivity index (χ1v) is 7.36. The normalized spacial score (nSPS) is 16.9. The van der Waals surface area contributed by atoms with Gasteiger partial charge < -0.3 is 0 Å². The SMILES string of the molecule is N#Cc1ccc(CC2C=C(c3ccc(F)cc3)NO2)cc1C(F)(F)F. The molecule has 2 aromatic carbocycles. The Morgan fingerprint density at radius 1 is 1.12 bits per heavy atom. The number of benzene rings is 2. The van der Waals surface area contributed by atoms with E-state index in [2.05, 4.69) is 5.48 Å². The molecule has 1 N–H and O–H groups in total. The highest BCUT2D eigenvalue weighted by atomic mass is 19.4. The molecule has 1 unspecified atom stereocenters. The minimum Gasteiger partial charge on any atom is -0.268 e. The van der Waals surface area contributed by atoms with Crippen molar-refractivity contribution in [3.05, 3.63) is 76.6 Å². The number of rotatable bonds is 3. The van der Waals surface area contributed by atoms with Gasteiger partial charge in [0.15, 0.2) is 0 Å². The number of alkyl halides is 3. The summed E-state index contributed by atoms with van der Waals surface area (Å²) in [5.74, 6) is -0.364. The van der Waals surface area contributed by atoms with E-state index in [1.165, 1.54) is 18.2 Å². The van der Waals surface area contributed by atoms with Crippen molar-refractivity contribution < 1.29 is 22.4 Å². The van der Waals surface area contributed by atoms with Gasteiger partial charge in [0.1, 0.15) is 11.9 Å². The summed E-state index contributed by atoms with van der Waals surface area (Å²) in [7, 11) is 0. The van der Waals surface area contributed by atoms with Gasteiger partial charge in [0, 0.05) is 6.42 Å². The summed E-state index contributed by atoms with van der Waals surface area (Å²) in [6, 6.07) is 10.9. The van der Waals surface area contributed by atoms with Gasteiger partial charge in [-0.1, -0.05) is 6.07 Å². The van der Waals surface area contributed by atoms with Crippen LogP contribution >= 0.6 is 0 Å². The molecule has 0 fully saturated rings. The Bertz CT molecular complexity index is 851. The summed E-state index contributed by atoms with van der Waals surface area (Å²) in [4.78, 5) is 5.35. The lowest BCUT2D eigenvalue weighted by Gasteiger charge is -2.12. The third-order valence-electron chi connectivity index (χ3n) is 3.77. The van der Waals surface area contributed by atoms with Gasteiger partial charge in [-0.15, -0.1) is 0 Å². The maximum atomic E-state index is 13.0. The minimum absolute atomic E-state index is 0.201. The van der Waals surface area contributed by atoms with E-state index in [1.807, 2.05) is 0 Å². The van der Waals surface area contributed by atoms with Crippen LogP contribution < -0.4 is 5.48 Å². The Balaban J connectivity index is 1.79. The highest BCUT2D eigenvalue weighted by Crippen LogP contribution is 2.33. The van der Waals surface area contributed by atoms with E-state index in [-0.39, 0.29) is 12.2 Å². The number of nitrogens with zero attached hydrogens (tertiary/aromatic N) is 1. The third-order valence-corrected chi connectivity index (χ3v) is 3.77. The molecule has 1 heterocycles. The Hall–Kier alpha value is -2.85. The van der Waals surface area contributed by atoms with Crippen LogP contribution in [-0.2, 0) is 17.4 Å². The summed E-state index contributed by atoms with van der Waals surface area (Å²) in [5, 5.41) is 8.82. The summed E-state index contributed by atoms with van der Waals surface area (Å²) < 4.78 is 52.0. The lowest BCUT2D eigenvalue weighted by atomic mass is 10.00. The second-order valence-corrected chi connectivity index (χ2v) is 5.54. The molecule has 2 aromatic rings. The van der Waals surface area contributed by atoms with Gasteiger partial charge in [-0.3, -0.25) is 10.3 Å². The van der Waals surface area contributed by atoms with Gasteiger partial charge in [0.2, 0.25) is 0 Å². The van der Waals surface area contributed by atoms with Crippen molar-refractivity contribution in [2.45, 2.75) is 18.7 Å². The molecule has 0 amide bonds. The van der Waals surface area contributed by atoms with Gasteiger partial charge in [0.05, 0.1) is 22.9 Å². The molecule has 1 atom stereocenters. The monoisotopic (exact) mass is 348 g/mol. The number of nitrogens with one attached hydrogen (secondary N) is 1. The van der Waals surface area contributed by atoms with Crippen LogP contribution in [0, 0.1) is 17.1 Å². The molecule has 0 aliphatic carbocycles. The van der Waals surface area contributed by atoms with Crippen LogP contribution in [-0.4, -0.2) is 6.10 Å². The molecule has 1 aliphatic rings. The average Bonchev–Trinajstić information content (AvgIpc) is 3.03. The topological polar surface area (TPSA) is 45.0 Å². The molecule has 128 valence electrons. The van der Waals surface area contributed by atoms with Crippen molar-refractivity contribution in [2.24, 2.45) is 0 Å². The van der Waals surface area contributed by atoms with Crippen molar-refractivity contribution in [1.29, 1.82) is 5.26 Å². The van der Waals surface area contributed by atoms with E-state index < -0.39 is 23.4 Å². The van der Waals surface area contributed by atoms with Crippen molar-refractivity contribution in [2.75, 3.05) is 0 Å². The molecule has 0 spiro atoms. The van der Waals surface area contributed by atoms with Gasteiger partial charge >= 0.3 is 6.18 Å². The number of halogens is 4. The fraction of sp³-hybridized carbons (Fsp3) is 0.167. The second kappa shape index (κ2) is 6.57. The molecule has 25 heavy (non-hydrogen) atoms. The van der Waals surface area contributed by atoms with Crippen LogP contribution in [0.3, 0.4) is 0 Å². The van der Waals surface area contributed by atoms with Gasteiger partial charge in [-0.2, -0.15) is 18.4 Å². The summed E-state index contributed by atoms with van der Waals surface area (Å²) in [6.07, 6.45) is -3.15. The third kappa shape index (κ3) is 3.80.